The summed E-state index contributed by atoms with van der Waals surface area (Å²) in [6.45, 7) is 5.10. The van der Waals surface area contributed by atoms with Crippen LogP contribution in [0.3, 0.4) is 0 Å². The standard InChI is InChI=1S/C17H20N2O2/c1-12-6-5-9-17-16(12,10-11-19(17)15(20)21-2)13-7-3-4-8-14(13)18-17/h3-4,7-8,18H,1,5-6,9-11H2,2H3/t16-,17+/m0/s1. The maximum absolute atomic E-state index is 12.3. The minimum atomic E-state index is -0.390. The molecular weight excluding hydrogens is 264 g/mol. The molecule has 4 heteroatoms. The number of anilines is 1. The molecule has 110 valence electrons. The number of methoxy groups -OCH3 is 1. The highest BCUT2D eigenvalue weighted by Gasteiger charge is 2.67. The molecule has 4 rings (SSSR count). The van der Waals surface area contributed by atoms with E-state index < -0.39 is 0 Å². The average Bonchev–Trinajstić information content (AvgIpc) is 2.98. The van der Waals surface area contributed by atoms with Crippen LogP contribution >= 0.6 is 0 Å². The van der Waals surface area contributed by atoms with Gasteiger partial charge in [0.1, 0.15) is 5.66 Å². The van der Waals surface area contributed by atoms with Gasteiger partial charge in [-0.05, 0) is 37.3 Å². The maximum atomic E-state index is 12.3. The highest BCUT2D eigenvalue weighted by atomic mass is 16.5. The van der Waals surface area contributed by atoms with E-state index in [1.54, 1.807) is 0 Å². The van der Waals surface area contributed by atoms with Crippen molar-refractivity contribution in [2.45, 2.75) is 36.8 Å². The van der Waals surface area contributed by atoms with Gasteiger partial charge in [-0.15, -0.1) is 0 Å². The zero-order valence-corrected chi connectivity index (χ0v) is 12.3. The topological polar surface area (TPSA) is 41.6 Å². The van der Waals surface area contributed by atoms with Gasteiger partial charge < -0.3 is 10.1 Å². The van der Waals surface area contributed by atoms with E-state index in [0.29, 0.717) is 6.54 Å². The van der Waals surface area contributed by atoms with Crippen LogP contribution in [-0.4, -0.2) is 30.3 Å². The molecule has 1 saturated heterocycles. The van der Waals surface area contributed by atoms with Crippen molar-refractivity contribution in [3.8, 4) is 0 Å². The Morgan fingerprint density at radius 2 is 2.19 bits per heavy atom. The van der Waals surface area contributed by atoms with Crippen molar-refractivity contribution in [3.63, 3.8) is 0 Å². The van der Waals surface area contributed by atoms with Gasteiger partial charge in [0.05, 0.1) is 12.5 Å². The number of rotatable bonds is 0. The third-order valence-electron chi connectivity index (χ3n) is 5.62. The summed E-state index contributed by atoms with van der Waals surface area (Å²) in [4.78, 5) is 14.2. The first-order chi connectivity index (χ1) is 10.2. The number of nitrogens with zero attached hydrogens (tertiary/aromatic N) is 1. The summed E-state index contributed by atoms with van der Waals surface area (Å²) in [6, 6.07) is 8.40. The van der Waals surface area contributed by atoms with E-state index in [-0.39, 0.29) is 17.2 Å². The first-order valence-corrected chi connectivity index (χ1v) is 7.57. The lowest BCUT2D eigenvalue weighted by Gasteiger charge is -2.49. The lowest BCUT2D eigenvalue weighted by molar-refractivity contribution is 0.0725. The van der Waals surface area contributed by atoms with E-state index in [1.165, 1.54) is 18.2 Å². The number of nitrogens with one attached hydrogen (secondary N) is 1. The summed E-state index contributed by atoms with van der Waals surface area (Å²) in [5, 5.41) is 3.66. The van der Waals surface area contributed by atoms with Gasteiger partial charge in [-0.1, -0.05) is 30.4 Å². The number of likely N-dealkylation sites (tertiary alicyclic amines) is 1. The molecule has 4 nitrogen and oxygen atoms in total. The molecule has 0 bridgehead atoms. The smallest absolute Gasteiger partial charge is 0.411 e. The average molecular weight is 284 g/mol. The fourth-order valence-electron chi connectivity index (χ4n) is 4.83. The van der Waals surface area contributed by atoms with Crippen molar-refractivity contribution >= 4 is 11.8 Å². The highest BCUT2D eigenvalue weighted by Crippen LogP contribution is 2.63. The Morgan fingerprint density at radius 1 is 1.38 bits per heavy atom. The number of amides is 1. The van der Waals surface area contributed by atoms with Gasteiger partial charge in [0.15, 0.2) is 0 Å². The molecule has 2 aliphatic heterocycles. The Bertz CT molecular complexity index is 641. The van der Waals surface area contributed by atoms with Crippen molar-refractivity contribution in [2.24, 2.45) is 0 Å². The molecule has 1 aromatic carbocycles. The number of ether oxygens (including phenoxy) is 1. The minimum Gasteiger partial charge on any atom is -0.453 e. The van der Waals surface area contributed by atoms with E-state index in [0.717, 1.165) is 31.4 Å². The molecule has 3 aliphatic rings. The van der Waals surface area contributed by atoms with Crippen LogP contribution < -0.4 is 5.32 Å². The fraction of sp³-hybridized carbons (Fsp3) is 0.471. The predicted octanol–water partition coefficient (Wildman–Crippen LogP) is 3.26. The minimum absolute atomic E-state index is 0.157. The molecule has 1 aromatic rings. The number of hydrogen-bond acceptors (Lipinski definition) is 3. The quantitative estimate of drug-likeness (QED) is 0.743. The van der Waals surface area contributed by atoms with Gasteiger partial charge in [0, 0.05) is 12.2 Å². The molecule has 1 N–H and O–H groups in total. The Morgan fingerprint density at radius 3 is 3.00 bits per heavy atom. The van der Waals surface area contributed by atoms with Gasteiger partial charge in [-0.2, -0.15) is 0 Å². The van der Waals surface area contributed by atoms with Gasteiger partial charge in [-0.25, -0.2) is 4.79 Å². The Balaban J connectivity index is 1.94. The van der Waals surface area contributed by atoms with Gasteiger partial charge in [0.2, 0.25) is 0 Å². The molecule has 1 aliphatic carbocycles. The third kappa shape index (κ3) is 1.29. The molecule has 2 heterocycles. The molecular formula is C17H20N2O2. The van der Waals surface area contributed by atoms with E-state index in [2.05, 4.69) is 30.1 Å². The lowest BCUT2D eigenvalue weighted by atomic mass is 9.62. The van der Waals surface area contributed by atoms with Crippen molar-refractivity contribution in [3.05, 3.63) is 42.0 Å². The molecule has 2 atom stereocenters. The second-order valence-electron chi connectivity index (χ2n) is 6.26. The number of fused-ring (bicyclic) bond motifs is 1. The SMILES string of the molecule is C=C1CCC[C@]23Nc4ccccc4[C@]12CCN3C(=O)OC. The highest BCUT2D eigenvalue weighted by molar-refractivity contribution is 5.77. The van der Waals surface area contributed by atoms with Crippen LogP contribution in [0, 0.1) is 0 Å². The van der Waals surface area contributed by atoms with Crippen LogP contribution in [0.1, 0.15) is 31.2 Å². The Kier molecular flexibility index (Phi) is 2.44. The summed E-state index contributed by atoms with van der Waals surface area (Å²) in [6.07, 6.45) is 3.70. The Labute approximate surface area is 124 Å². The van der Waals surface area contributed by atoms with Gasteiger partial charge >= 0.3 is 6.09 Å². The van der Waals surface area contributed by atoms with E-state index in [9.17, 15) is 4.79 Å². The van der Waals surface area contributed by atoms with E-state index in [1.807, 2.05) is 11.0 Å². The van der Waals surface area contributed by atoms with Crippen molar-refractivity contribution < 1.29 is 9.53 Å². The van der Waals surface area contributed by atoms with E-state index in [4.69, 9.17) is 4.74 Å². The monoisotopic (exact) mass is 284 g/mol. The molecule has 1 amide bonds. The molecule has 0 radical (unpaired) electrons. The molecule has 1 saturated carbocycles. The predicted molar refractivity (Wildman–Crippen MR) is 81.2 cm³/mol. The van der Waals surface area contributed by atoms with Crippen LogP contribution in [0.15, 0.2) is 36.4 Å². The zero-order valence-electron chi connectivity index (χ0n) is 12.3. The number of hydrogen-bond donors (Lipinski definition) is 1. The summed E-state index contributed by atoms with van der Waals surface area (Å²) >= 11 is 0. The lowest BCUT2D eigenvalue weighted by Crippen LogP contribution is -2.61. The van der Waals surface area contributed by atoms with Crippen LogP contribution in [0.5, 0.6) is 0 Å². The van der Waals surface area contributed by atoms with Gasteiger partial charge in [0.25, 0.3) is 0 Å². The number of benzene rings is 1. The third-order valence-corrected chi connectivity index (χ3v) is 5.62. The second kappa shape index (κ2) is 4.03. The molecule has 2 fully saturated rings. The fourth-order valence-corrected chi connectivity index (χ4v) is 4.83. The van der Waals surface area contributed by atoms with Crippen LogP contribution in [0.2, 0.25) is 0 Å². The number of para-hydroxylation sites is 1. The number of carbonyl (C=O) groups is 1. The second-order valence-corrected chi connectivity index (χ2v) is 6.26. The zero-order chi connectivity index (χ0) is 14.7. The molecule has 0 spiro atoms. The van der Waals surface area contributed by atoms with Crippen LogP contribution in [-0.2, 0) is 10.2 Å². The van der Waals surface area contributed by atoms with Crippen LogP contribution in [0.4, 0.5) is 10.5 Å². The molecule has 0 unspecified atom stereocenters. The number of carbonyl (C=O) groups excluding carboxylic acids is 1. The first-order valence-electron chi connectivity index (χ1n) is 7.57. The largest absolute Gasteiger partial charge is 0.453 e. The first kappa shape index (κ1) is 12.7. The normalized spacial score (nSPS) is 33.0. The van der Waals surface area contributed by atoms with E-state index >= 15 is 0 Å². The van der Waals surface area contributed by atoms with Crippen molar-refractivity contribution in [1.82, 2.24) is 4.90 Å². The molecule has 0 aromatic heterocycles. The summed E-state index contributed by atoms with van der Waals surface area (Å²) < 4.78 is 5.03. The van der Waals surface area contributed by atoms with Crippen LogP contribution in [0.25, 0.3) is 0 Å². The van der Waals surface area contributed by atoms with Crippen molar-refractivity contribution in [2.75, 3.05) is 19.0 Å². The summed E-state index contributed by atoms with van der Waals surface area (Å²) in [5.74, 6) is 0. The maximum Gasteiger partial charge on any atom is 0.411 e. The van der Waals surface area contributed by atoms with Crippen molar-refractivity contribution in [1.29, 1.82) is 0 Å². The molecule has 21 heavy (non-hydrogen) atoms. The van der Waals surface area contributed by atoms with Gasteiger partial charge in [-0.3, -0.25) is 4.90 Å². The summed E-state index contributed by atoms with van der Waals surface area (Å²) in [5.41, 5.74) is 3.13. The summed E-state index contributed by atoms with van der Waals surface area (Å²) in [7, 11) is 1.46. The Hall–Kier alpha value is -1.97.